The molecular weight excluding hydrogens is 309 g/mol. The van der Waals surface area contributed by atoms with Crippen molar-refractivity contribution in [2.45, 2.75) is 12.6 Å². The largest absolute Gasteiger partial charge is 0.477 e. The molecule has 0 radical (unpaired) electrons. The molecule has 0 aliphatic carbocycles. The molecule has 0 amide bonds. The van der Waals surface area contributed by atoms with Gasteiger partial charge in [0.1, 0.15) is 5.02 Å². The molecule has 1 heterocycles. The molecule has 9 heteroatoms. The number of alkyl halides is 3. The number of guanidine groups is 1. The zero-order valence-electron chi connectivity index (χ0n) is 11.6. The summed E-state index contributed by atoms with van der Waals surface area (Å²) < 4.78 is 42.5. The van der Waals surface area contributed by atoms with Crippen LogP contribution in [0.4, 0.5) is 13.2 Å². The van der Waals surface area contributed by atoms with Crippen LogP contribution in [0.5, 0.6) is 5.88 Å². The van der Waals surface area contributed by atoms with Crippen molar-refractivity contribution in [3.63, 3.8) is 0 Å². The second-order valence-corrected chi connectivity index (χ2v) is 4.37. The van der Waals surface area contributed by atoms with Crippen molar-refractivity contribution in [2.75, 3.05) is 27.2 Å². The molecule has 2 N–H and O–H groups in total. The summed E-state index contributed by atoms with van der Waals surface area (Å²) in [5.74, 6) is 0.628. The SMILES string of the molecule is CN=C(NC)NCCCOc1ncc(C(F)(F)F)cc1Cl. The van der Waals surface area contributed by atoms with Crippen molar-refractivity contribution in [3.05, 3.63) is 22.8 Å². The van der Waals surface area contributed by atoms with Gasteiger partial charge in [-0.1, -0.05) is 11.6 Å². The van der Waals surface area contributed by atoms with Crippen LogP contribution >= 0.6 is 11.6 Å². The predicted octanol–water partition coefficient (Wildman–Crippen LogP) is 2.32. The molecule has 0 bridgehead atoms. The second-order valence-electron chi connectivity index (χ2n) is 3.96. The molecule has 1 rings (SSSR count). The topological polar surface area (TPSA) is 58.5 Å². The molecule has 0 spiro atoms. The molecule has 1 aromatic heterocycles. The lowest BCUT2D eigenvalue weighted by Crippen LogP contribution is -2.35. The van der Waals surface area contributed by atoms with Gasteiger partial charge in [0.15, 0.2) is 5.96 Å². The Morgan fingerprint density at radius 3 is 2.71 bits per heavy atom. The highest BCUT2D eigenvalue weighted by Crippen LogP contribution is 2.32. The summed E-state index contributed by atoms with van der Waals surface area (Å²) in [5.41, 5.74) is -0.903. The van der Waals surface area contributed by atoms with Gasteiger partial charge in [0.2, 0.25) is 5.88 Å². The summed E-state index contributed by atoms with van der Waals surface area (Å²) >= 11 is 5.71. The number of pyridine rings is 1. The van der Waals surface area contributed by atoms with Crippen molar-refractivity contribution >= 4 is 17.6 Å². The van der Waals surface area contributed by atoms with E-state index in [0.29, 0.717) is 25.1 Å². The molecule has 21 heavy (non-hydrogen) atoms. The van der Waals surface area contributed by atoms with E-state index in [-0.39, 0.29) is 17.5 Å². The molecule has 118 valence electrons. The van der Waals surface area contributed by atoms with Crippen molar-refractivity contribution < 1.29 is 17.9 Å². The maximum Gasteiger partial charge on any atom is 0.417 e. The number of nitrogens with zero attached hydrogens (tertiary/aromatic N) is 2. The highest BCUT2D eigenvalue weighted by atomic mass is 35.5. The number of hydrogen-bond acceptors (Lipinski definition) is 3. The Bertz CT molecular complexity index is 494. The van der Waals surface area contributed by atoms with Gasteiger partial charge in [0.05, 0.1) is 12.2 Å². The zero-order valence-corrected chi connectivity index (χ0v) is 12.3. The molecule has 1 aromatic rings. The van der Waals surface area contributed by atoms with Crippen LogP contribution in [0.3, 0.4) is 0 Å². The highest BCUT2D eigenvalue weighted by molar-refractivity contribution is 6.31. The van der Waals surface area contributed by atoms with Crippen LogP contribution in [0.25, 0.3) is 0 Å². The smallest absolute Gasteiger partial charge is 0.417 e. The van der Waals surface area contributed by atoms with E-state index in [1.165, 1.54) is 0 Å². The van der Waals surface area contributed by atoms with E-state index in [2.05, 4.69) is 20.6 Å². The molecule has 0 fully saturated rings. The van der Waals surface area contributed by atoms with E-state index in [0.717, 1.165) is 6.07 Å². The van der Waals surface area contributed by atoms with Gasteiger partial charge in [-0.2, -0.15) is 13.2 Å². The normalized spacial score (nSPS) is 12.2. The Morgan fingerprint density at radius 2 is 2.19 bits per heavy atom. The number of rotatable bonds is 5. The standard InChI is InChI=1S/C12H16ClF3N4O/c1-17-11(18-2)19-4-3-5-21-10-9(13)6-8(7-20-10)12(14,15)16/h6-7H,3-5H2,1-2H3,(H2,17,18,19). The van der Waals surface area contributed by atoms with Gasteiger partial charge in [-0.3, -0.25) is 4.99 Å². The number of hydrogen-bond donors (Lipinski definition) is 2. The Balaban J connectivity index is 2.43. The Hall–Kier alpha value is -1.70. The Labute approximate surface area is 125 Å². The summed E-state index contributed by atoms with van der Waals surface area (Å²) in [7, 11) is 3.37. The molecule has 0 aromatic carbocycles. The molecule has 0 saturated heterocycles. The number of aliphatic imine (C=N–C) groups is 1. The number of aromatic nitrogens is 1. The average Bonchev–Trinajstić information content (AvgIpc) is 2.43. The minimum Gasteiger partial charge on any atom is -0.477 e. The molecule has 5 nitrogen and oxygen atoms in total. The van der Waals surface area contributed by atoms with Crippen molar-refractivity contribution in [1.29, 1.82) is 0 Å². The third kappa shape index (κ3) is 5.66. The molecule has 0 aliphatic rings. The van der Waals surface area contributed by atoms with Crippen LogP contribution in [0, 0.1) is 0 Å². The first-order valence-corrected chi connectivity index (χ1v) is 6.50. The van der Waals surface area contributed by atoms with Crippen molar-refractivity contribution in [1.82, 2.24) is 15.6 Å². The first kappa shape index (κ1) is 17.4. The minimum absolute atomic E-state index is 0.0114. The molecule has 0 unspecified atom stereocenters. The lowest BCUT2D eigenvalue weighted by molar-refractivity contribution is -0.137. The van der Waals surface area contributed by atoms with Crippen molar-refractivity contribution in [2.24, 2.45) is 4.99 Å². The van der Waals surface area contributed by atoms with Gasteiger partial charge < -0.3 is 15.4 Å². The monoisotopic (exact) mass is 324 g/mol. The van der Waals surface area contributed by atoms with Crippen LogP contribution in [0.1, 0.15) is 12.0 Å². The van der Waals surface area contributed by atoms with Gasteiger partial charge in [-0.05, 0) is 12.5 Å². The summed E-state index contributed by atoms with van der Waals surface area (Å²) in [6.45, 7) is 0.859. The maximum absolute atomic E-state index is 12.4. The third-order valence-corrected chi connectivity index (χ3v) is 2.72. The van der Waals surface area contributed by atoms with Crippen LogP contribution < -0.4 is 15.4 Å². The predicted molar refractivity (Wildman–Crippen MR) is 74.8 cm³/mol. The van der Waals surface area contributed by atoms with Gasteiger partial charge in [-0.25, -0.2) is 4.98 Å². The number of nitrogens with one attached hydrogen (secondary N) is 2. The van der Waals surface area contributed by atoms with E-state index in [1.807, 2.05) is 0 Å². The van der Waals surface area contributed by atoms with E-state index in [1.54, 1.807) is 14.1 Å². The van der Waals surface area contributed by atoms with Crippen LogP contribution in [0.2, 0.25) is 5.02 Å². The fourth-order valence-corrected chi connectivity index (χ4v) is 1.63. The Morgan fingerprint density at radius 1 is 1.48 bits per heavy atom. The van der Waals surface area contributed by atoms with Crippen LogP contribution in [0.15, 0.2) is 17.3 Å². The average molecular weight is 325 g/mol. The van der Waals surface area contributed by atoms with Crippen molar-refractivity contribution in [3.8, 4) is 5.88 Å². The van der Waals surface area contributed by atoms with E-state index in [9.17, 15) is 13.2 Å². The molecule has 0 aliphatic heterocycles. The van der Waals surface area contributed by atoms with Crippen LogP contribution in [-0.4, -0.2) is 38.2 Å². The lowest BCUT2D eigenvalue weighted by Gasteiger charge is -2.11. The summed E-state index contributed by atoms with van der Waals surface area (Å²) in [6, 6.07) is 0.797. The van der Waals surface area contributed by atoms with E-state index >= 15 is 0 Å². The summed E-state index contributed by atoms with van der Waals surface area (Å²) in [6.07, 6.45) is -3.16. The summed E-state index contributed by atoms with van der Waals surface area (Å²) in [4.78, 5) is 7.50. The quantitative estimate of drug-likeness (QED) is 0.496. The fourth-order valence-electron chi connectivity index (χ4n) is 1.41. The van der Waals surface area contributed by atoms with Gasteiger partial charge in [-0.15, -0.1) is 0 Å². The second kappa shape index (κ2) is 7.92. The highest BCUT2D eigenvalue weighted by Gasteiger charge is 2.31. The number of halogens is 4. The van der Waals surface area contributed by atoms with E-state index in [4.69, 9.17) is 16.3 Å². The molecule has 0 saturated carbocycles. The molecule has 0 atom stereocenters. The molecular formula is C12H16ClF3N4O. The lowest BCUT2D eigenvalue weighted by atomic mass is 10.3. The zero-order chi connectivity index (χ0) is 15.9. The first-order chi connectivity index (χ1) is 9.88. The first-order valence-electron chi connectivity index (χ1n) is 6.12. The maximum atomic E-state index is 12.4. The third-order valence-electron chi connectivity index (χ3n) is 2.45. The van der Waals surface area contributed by atoms with Crippen LogP contribution in [-0.2, 0) is 6.18 Å². The summed E-state index contributed by atoms with van der Waals surface area (Å²) in [5, 5.41) is 5.69. The van der Waals surface area contributed by atoms with E-state index < -0.39 is 11.7 Å². The fraction of sp³-hybridized carbons (Fsp3) is 0.500. The minimum atomic E-state index is -4.47. The van der Waals surface area contributed by atoms with Gasteiger partial charge in [0, 0.05) is 26.8 Å². The number of ether oxygens (including phenoxy) is 1. The van der Waals surface area contributed by atoms with Gasteiger partial charge >= 0.3 is 6.18 Å². The van der Waals surface area contributed by atoms with Gasteiger partial charge in [0.25, 0.3) is 0 Å². The Kier molecular flexibility index (Phi) is 6.54.